The molecule has 1 rings (SSSR count). The number of carboxylic acids is 1. The number of hydrogen-bond acceptors (Lipinski definition) is 4. The molecule has 0 aliphatic carbocycles. The maximum atomic E-state index is 11.4. The third kappa shape index (κ3) is 2.70. The highest BCUT2D eigenvalue weighted by atomic mass is 16.5. The van der Waals surface area contributed by atoms with E-state index in [1.807, 2.05) is 0 Å². The van der Waals surface area contributed by atoms with Gasteiger partial charge in [0.1, 0.15) is 0 Å². The predicted molar refractivity (Wildman–Crippen MR) is 53.5 cm³/mol. The molecule has 1 aromatic carbocycles. The Kier molecular flexibility index (Phi) is 3.28. The van der Waals surface area contributed by atoms with Gasteiger partial charge in [0, 0.05) is 5.69 Å². The van der Waals surface area contributed by atoms with Crippen LogP contribution in [0.2, 0.25) is 0 Å². The Labute approximate surface area is 86.5 Å². The zero-order chi connectivity index (χ0) is 11.4. The molecule has 5 nitrogen and oxygen atoms in total. The molecule has 0 aliphatic rings. The van der Waals surface area contributed by atoms with Gasteiger partial charge in [0.2, 0.25) is 0 Å². The summed E-state index contributed by atoms with van der Waals surface area (Å²) >= 11 is 0. The standard InChI is InChI=1S/C10H11NO4/c1-6-7(3-2-4-8(6)11)10(14)15-5-9(12)13/h2-4H,5,11H2,1H3,(H,12,13). The van der Waals surface area contributed by atoms with Crippen molar-refractivity contribution in [2.24, 2.45) is 0 Å². The molecular formula is C10H11NO4. The van der Waals surface area contributed by atoms with Gasteiger partial charge in [0.05, 0.1) is 5.56 Å². The molecule has 0 saturated heterocycles. The average molecular weight is 209 g/mol. The van der Waals surface area contributed by atoms with Crippen molar-refractivity contribution in [3.8, 4) is 0 Å². The Morgan fingerprint density at radius 2 is 2.13 bits per heavy atom. The Hall–Kier alpha value is -2.04. The van der Waals surface area contributed by atoms with E-state index in [2.05, 4.69) is 4.74 Å². The van der Waals surface area contributed by atoms with Gasteiger partial charge in [-0.1, -0.05) is 6.07 Å². The first-order valence-corrected chi connectivity index (χ1v) is 4.26. The van der Waals surface area contributed by atoms with E-state index >= 15 is 0 Å². The molecule has 0 fully saturated rings. The van der Waals surface area contributed by atoms with Gasteiger partial charge in [-0.15, -0.1) is 0 Å². The van der Waals surface area contributed by atoms with E-state index in [0.29, 0.717) is 11.3 Å². The van der Waals surface area contributed by atoms with E-state index in [1.165, 1.54) is 6.07 Å². The number of carboxylic acid groups (broad SMARTS) is 1. The second-order valence-corrected chi connectivity index (χ2v) is 2.99. The average Bonchev–Trinajstić information content (AvgIpc) is 2.18. The first-order chi connectivity index (χ1) is 7.02. The number of ether oxygens (including phenoxy) is 1. The molecule has 0 bridgehead atoms. The first-order valence-electron chi connectivity index (χ1n) is 4.26. The number of aliphatic carboxylic acids is 1. The molecule has 0 aromatic heterocycles. The summed E-state index contributed by atoms with van der Waals surface area (Å²) in [7, 11) is 0. The number of nitrogen functional groups attached to an aromatic ring is 1. The van der Waals surface area contributed by atoms with Crippen LogP contribution in [0.5, 0.6) is 0 Å². The molecule has 80 valence electrons. The van der Waals surface area contributed by atoms with Gasteiger partial charge in [0.15, 0.2) is 6.61 Å². The van der Waals surface area contributed by atoms with Crippen LogP contribution in [0.25, 0.3) is 0 Å². The number of nitrogens with two attached hydrogens (primary N) is 1. The molecule has 3 N–H and O–H groups in total. The Balaban J connectivity index is 2.82. The Morgan fingerprint density at radius 1 is 1.47 bits per heavy atom. The van der Waals surface area contributed by atoms with Gasteiger partial charge >= 0.3 is 11.9 Å². The van der Waals surface area contributed by atoms with Crippen molar-refractivity contribution in [1.82, 2.24) is 0 Å². The third-order valence-corrected chi connectivity index (χ3v) is 1.92. The highest BCUT2D eigenvalue weighted by Gasteiger charge is 2.12. The number of esters is 1. The SMILES string of the molecule is Cc1c(N)cccc1C(=O)OCC(=O)O. The molecule has 0 amide bonds. The predicted octanol–water partition coefficient (Wildman–Crippen LogP) is 0.819. The van der Waals surface area contributed by atoms with Crippen molar-refractivity contribution in [2.45, 2.75) is 6.92 Å². The zero-order valence-electron chi connectivity index (χ0n) is 8.19. The lowest BCUT2D eigenvalue weighted by molar-refractivity contribution is -0.140. The third-order valence-electron chi connectivity index (χ3n) is 1.92. The second kappa shape index (κ2) is 4.45. The molecule has 15 heavy (non-hydrogen) atoms. The quantitative estimate of drug-likeness (QED) is 0.568. The summed E-state index contributed by atoms with van der Waals surface area (Å²) in [5, 5.41) is 8.33. The molecule has 0 saturated carbocycles. The number of carbonyl (C=O) groups is 2. The van der Waals surface area contributed by atoms with Gasteiger partial charge in [-0.3, -0.25) is 0 Å². The fourth-order valence-corrected chi connectivity index (χ4v) is 1.08. The summed E-state index contributed by atoms with van der Waals surface area (Å²) in [5.41, 5.74) is 6.94. The number of anilines is 1. The summed E-state index contributed by atoms with van der Waals surface area (Å²) in [6, 6.07) is 4.80. The van der Waals surface area contributed by atoms with Crippen LogP contribution >= 0.6 is 0 Å². The lowest BCUT2D eigenvalue weighted by Gasteiger charge is -2.06. The molecular weight excluding hydrogens is 198 g/mol. The Morgan fingerprint density at radius 3 is 2.73 bits per heavy atom. The molecule has 0 unspecified atom stereocenters. The Bertz CT molecular complexity index is 400. The van der Waals surface area contributed by atoms with Crippen LogP contribution in [-0.2, 0) is 9.53 Å². The minimum absolute atomic E-state index is 0.288. The lowest BCUT2D eigenvalue weighted by Crippen LogP contribution is -2.14. The van der Waals surface area contributed by atoms with Crippen molar-refractivity contribution in [1.29, 1.82) is 0 Å². The van der Waals surface area contributed by atoms with Gasteiger partial charge in [-0.25, -0.2) is 9.59 Å². The van der Waals surface area contributed by atoms with Crippen LogP contribution in [0.15, 0.2) is 18.2 Å². The van der Waals surface area contributed by atoms with E-state index < -0.39 is 18.5 Å². The van der Waals surface area contributed by atoms with Crippen LogP contribution in [0.1, 0.15) is 15.9 Å². The molecule has 5 heteroatoms. The molecule has 1 aromatic rings. The second-order valence-electron chi connectivity index (χ2n) is 2.99. The number of rotatable bonds is 3. The van der Waals surface area contributed by atoms with Gasteiger partial charge in [-0.05, 0) is 24.6 Å². The van der Waals surface area contributed by atoms with E-state index in [0.717, 1.165) is 0 Å². The van der Waals surface area contributed by atoms with Crippen molar-refractivity contribution in [3.63, 3.8) is 0 Å². The van der Waals surface area contributed by atoms with Crippen molar-refractivity contribution >= 4 is 17.6 Å². The number of carbonyl (C=O) groups excluding carboxylic acids is 1. The largest absolute Gasteiger partial charge is 0.479 e. The normalized spacial score (nSPS) is 9.67. The summed E-state index contributed by atoms with van der Waals surface area (Å²) < 4.78 is 4.53. The van der Waals surface area contributed by atoms with E-state index in [-0.39, 0.29) is 5.56 Å². The summed E-state index contributed by atoms with van der Waals surface area (Å²) in [5.74, 6) is -1.87. The minimum Gasteiger partial charge on any atom is -0.479 e. The smallest absolute Gasteiger partial charge is 0.341 e. The van der Waals surface area contributed by atoms with E-state index in [9.17, 15) is 9.59 Å². The zero-order valence-corrected chi connectivity index (χ0v) is 8.19. The van der Waals surface area contributed by atoms with Gasteiger partial charge < -0.3 is 15.6 Å². The van der Waals surface area contributed by atoms with Crippen LogP contribution in [0.4, 0.5) is 5.69 Å². The van der Waals surface area contributed by atoms with Crippen molar-refractivity contribution in [2.75, 3.05) is 12.3 Å². The van der Waals surface area contributed by atoms with Crippen LogP contribution in [-0.4, -0.2) is 23.7 Å². The number of hydrogen-bond donors (Lipinski definition) is 2. The fourth-order valence-electron chi connectivity index (χ4n) is 1.08. The number of benzene rings is 1. The fraction of sp³-hybridized carbons (Fsp3) is 0.200. The highest BCUT2D eigenvalue weighted by Crippen LogP contribution is 2.16. The molecule has 0 spiro atoms. The van der Waals surface area contributed by atoms with Gasteiger partial charge in [0.25, 0.3) is 0 Å². The van der Waals surface area contributed by atoms with Crippen LogP contribution in [0, 0.1) is 6.92 Å². The van der Waals surface area contributed by atoms with E-state index in [1.54, 1.807) is 19.1 Å². The monoisotopic (exact) mass is 209 g/mol. The molecule has 0 aliphatic heterocycles. The van der Waals surface area contributed by atoms with E-state index in [4.69, 9.17) is 10.8 Å². The maximum Gasteiger partial charge on any atom is 0.341 e. The maximum absolute atomic E-state index is 11.4. The summed E-state index contributed by atoms with van der Waals surface area (Å²) in [6.45, 7) is 1.03. The van der Waals surface area contributed by atoms with Gasteiger partial charge in [-0.2, -0.15) is 0 Å². The van der Waals surface area contributed by atoms with Crippen molar-refractivity contribution < 1.29 is 19.4 Å². The molecule has 0 heterocycles. The molecule has 0 atom stereocenters. The summed E-state index contributed by atoms with van der Waals surface area (Å²) in [4.78, 5) is 21.6. The summed E-state index contributed by atoms with van der Waals surface area (Å²) in [6.07, 6.45) is 0. The lowest BCUT2D eigenvalue weighted by atomic mass is 10.1. The first kappa shape index (κ1) is 11.0. The van der Waals surface area contributed by atoms with Crippen LogP contribution < -0.4 is 5.73 Å². The topological polar surface area (TPSA) is 89.6 Å². The molecule has 0 radical (unpaired) electrons. The highest BCUT2D eigenvalue weighted by molar-refractivity contribution is 5.93. The minimum atomic E-state index is -1.19. The van der Waals surface area contributed by atoms with Crippen molar-refractivity contribution in [3.05, 3.63) is 29.3 Å². The van der Waals surface area contributed by atoms with Crippen LogP contribution in [0.3, 0.4) is 0 Å².